The van der Waals surface area contributed by atoms with Crippen molar-refractivity contribution in [3.05, 3.63) is 53.6 Å². The van der Waals surface area contributed by atoms with E-state index in [2.05, 4.69) is 10.4 Å². The van der Waals surface area contributed by atoms with Gasteiger partial charge in [0.25, 0.3) is 5.91 Å². The highest BCUT2D eigenvalue weighted by molar-refractivity contribution is 5.92. The van der Waals surface area contributed by atoms with Gasteiger partial charge in [0.05, 0.1) is 6.04 Å². The monoisotopic (exact) mass is 315 g/mol. The molecule has 1 atom stereocenters. The summed E-state index contributed by atoms with van der Waals surface area (Å²) in [6, 6.07) is 8.60. The van der Waals surface area contributed by atoms with Crippen molar-refractivity contribution in [2.45, 2.75) is 44.6 Å². The second-order valence-corrected chi connectivity index (χ2v) is 6.28. The van der Waals surface area contributed by atoms with Crippen molar-refractivity contribution < 1.29 is 9.18 Å². The lowest BCUT2D eigenvalue weighted by Crippen LogP contribution is -2.28. The van der Waals surface area contributed by atoms with Crippen LogP contribution in [0, 0.1) is 5.82 Å². The average molecular weight is 315 g/mol. The van der Waals surface area contributed by atoms with Gasteiger partial charge in [0.2, 0.25) is 0 Å². The van der Waals surface area contributed by atoms with Crippen LogP contribution in [-0.4, -0.2) is 22.2 Å². The lowest BCUT2D eigenvalue weighted by atomic mass is 10.0. The number of carbonyl (C=O) groups is 1. The molecule has 5 heteroatoms. The first-order valence-corrected chi connectivity index (χ1v) is 8.22. The molecule has 0 bridgehead atoms. The van der Waals surface area contributed by atoms with Crippen LogP contribution in [0.3, 0.4) is 0 Å². The Morgan fingerprint density at radius 1 is 1.30 bits per heavy atom. The molecule has 122 valence electrons. The molecule has 23 heavy (non-hydrogen) atoms. The summed E-state index contributed by atoms with van der Waals surface area (Å²) in [5.74, 6) is -0.283. The van der Waals surface area contributed by atoms with Crippen LogP contribution in [0.5, 0.6) is 0 Å². The van der Waals surface area contributed by atoms with Gasteiger partial charge in [-0.05, 0) is 42.5 Å². The molecule has 2 aromatic rings. The predicted octanol–water partition coefficient (Wildman–Crippen LogP) is 3.67. The topological polar surface area (TPSA) is 46.9 Å². The number of rotatable bonds is 5. The standard InChI is InChI=1S/C18H22FN3O/c1-13(14-6-8-15(19)9-7-14)12-20-18(23)17-10-11-22(21-17)16-4-2-3-5-16/h6-11,13,16H,2-5,12H2,1H3,(H,20,23). The van der Waals surface area contributed by atoms with Gasteiger partial charge in [-0.1, -0.05) is 31.9 Å². The fourth-order valence-corrected chi connectivity index (χ4v) is 3.08. The van der Waals surface area contributed by atoms with Crippen LogP contribution < -0.4 is 5.32 Å². The minimum atomic E-state index is -0.248. The number of benzene rings is 1. The normalized spacial score (nSPS) is 16.4. The lowest BCUT2D eigenvalue weighted by Gasteiger charge is -2.12. The van der Waals surface area contributed by atoms with E-state index in [9.17, 15) is 9.18 Å². The first-order valence-electron chi connectivity index (χ1n) is 8.22. The molecule has 1 aromatic heterocycles. The van der Waals surface area contributed by atoms with Crippen LogP contribution in [-0.2, 0) is 0 Å². The van der Waals surface area contributed by atoms with Crippen molar-refractivity contribution in [3.8, 4) is 0 Å². The van der Waals surface area contributed by atoms with E-state index < -0.39 is 0 Å². The second kappa shape index (κ2) is 6.94. The molecule has 1 aliphatic carbocycles. The van der Waals surface area contributed by atoms with E-state index >= 15 is 0 Å². The summed E-state index contributed by atoms with van der Waals surface area (Å²) >= 11 is 0. The molecule has 0 spiro atoms. The molecule has 4 nitrogen and oxygen atoms in total. The molecule has 0 aliphatic heterocycles. The first-order chi connectivity index (χ1) is 11.1. The van der Waals surface area contributed by atoms with Gasteiger partial charge in [-0.2, -0.15) is 5.10 Å². The maximum absolute atomic E-state index is 12.9. The highest BCUT2D eigenvalue weighted by Gasteiger charge is 2.19. The first kappa shape index (κ1) is 15.7. The van der Waals surface area contributed by atoms with Crippen LogP contribution in [0.4, 0.5) is 4.39 Å². The van der Waals surface area contributed by atoms with Crippen molar-refractivity contribution in [1.29, 1.82) is 0 Å². The SMILES string of the molecule is CC(CNC(=O)c1ccn(C2CCCC2)n1)c1ccc(F)cc1. The molecule has 1 fully saturated rings. The Morgan fingerprint density at radius 3 is 2.70 bits per heavy atom. The summed E-state index contributed by atoms with van der Waals surface area (Å²) in [7, 11) is 0. The van der Waals surface area contributed by atoms with E-state index in [0.717, 1.165) is 18.4 Å². The van der Waals surface area contributed by atoms with Gasteiger partial charge in [0.1, 0.15) is 11.5 Å². The molecule has 1 amide bonds. The molecule has 1 heterocycles. The van der Waals surface area contributed by atoms with Gasteiger partial charge in [0.15, 0.2) is 0 Å². The number of carbonyl (C=O) groups excluding carboxylic acids is 1. The highest BCUT2D eigenvalue weighted by Crippen LogP contribution is 2.28. The summed E-state index contributed by atoms with van der Waals surface area (Å²) < 4.78 is 14.9. The average Bonchev–Trinajstić information content (AvgIpc) is 3.23. The quantitative estimate of drug-likeness (QED) is 0.915. The molecule has 0 radical (unpaired) electrons. The Kier molecular flexibility index (Phi) is 4.74. The van der Waals surface area contributed by atoms with Crippen LogP contribution in [0.25, 0.3) is 0 Å². The maximum atomic E-state index is 12.9. The van der Waals surface area contributed by atoms with Gasteiger partial charge in [0, 0.05) is 12.7 Å². The van der Waals surface area contributed by atoms with Crippen molar-refractivity contribution in [2.24, 2.45) is 0 Å². The fourth-order valence-electron chi connectivity index (χ4n) is 3.08. The van der Waals surface area contributed by atoms with E-state index in [1.165, 1.54) is 25.0 Å². The predicted molar refractivity (Wildman–Crippen MR) is 86.9 cm³/mol. The van der Waals surface area contributed by atoms with Gasteiger partial charge in [-0.25, -0.2) is 4.39 Å². The Labute approximate surface area is 135 Å². The van der Waals surface area contributed by atoms with Crippen LogP contribution in [0.15, 0.2) is 36.5 Å². The number of nitrogens with zero attached hydrogens (tertiary/aromatic N) is 2. The van der Waals surface area contributed by atoms with Crippen LogP contribution in [0.2, 0.25) is 0 Å². The summed E-state index contributed by atoms with van der Waals surface area (Å²) in [6.07, 6.45) is 6.66. The Balaban J connectivity index is 1.55. The number of amides is 1. The highest BCUT2D eigenvalue weighted by atomic mass is 19.1. The molecule has 1 unspecified atom stereocenters. The third kappa shape index (κ3) is 3.78. The molecular formula is C18H22FN3O. The summed E-state index contributed by atoms with van der Waals surface area (Å²) in [5, 5.41) is 7.32. The lowest BCUT2D eigenvalue weighted by molar-refractivity contribution is 0.0945. The number of nitrogens with one attached hydrogen (secondary N) is 1. The zero-order valence-corrected chi connectivity index (χ0v) is 13.3. The Bertz CT molecular complexity index is 659. The minimum absolute atomic E-state index is 0.122. The number of aromatic nitrogens is 2. The number of hydrogen-bond donors (Lipinski definition) is 1. The Morgan fingerprint density at radius 2 is 2.00 bits per heavy atom. The molecule has 1 aliphatic rings. The maximum Gasteiger partial charge on any atom is 0.271 e. The summed E-state index contributed by atoms with van der Waals surface area (Å²) in [5.41, 5.74) is 1.46. The van der Waals surface area contributed by atoms with Gasteiger partial charge >= 0.3 is 0 Å². The Hall–Kier alpha value is -2.17. The summed E-state index contributed by atoms with van der Waals surface area (Å²) in [4.78, 5) is 12.2. The molecule has 0 saturated heterocycles. The molecule has 1 aromatic carbocycles. The van der Waals surface area contributed by atoms with E-state index in [-0.39, 0.29) is 17.6 Å². The van der Waals surface area contributed by atoms with Gasteiger partial charge in [-0.15, -0.1) is 0 Å². The van der Waals surface area contributed by atoms with Crippen molar-refractivity contribution in [3.63, 3.8) is 0 Å². The molecule has 1 N–H and O–H groups in total. The zero-order chi connectivity index (χ0) is 16.2. The zero-order valence-electron chi connectivity index (χ0n) is 13.3. The third-order valence-electron chi connectivity index (χ3n) is 4.55. The van der Waals surface area contributed by atoms with Gasteiger partial charge in [-0.3, -0.25) is 9.48 Å². The number of hydrogen-bond acceptors (Lipinski definition) is 2. The van der Waals surface area contributed by atoms with Crippen molar-refractivity contribution in [1.82, 2.24) is 15.1 Å². The fraction of sp³-hybridized carbons (Fsp3) is 0.444. The minimum Gasteiger partial charge on any atom is -0.350 e. The number of halogens is 1. The van der Waals surface area contributed by atoms with E-state index in [1.807, 2.05) is 17.8 Å². The van der Waals surface area contributed by atoms with Crippen LogP contribution in [0.1, 0.15) is 60.6 Å². The molecule has 3 rings (SSSR count). The molecule has 1 saturated carbocycles. The second-order valence-electron chi connectivity index (χ2n) is 6.28. The van der Waals surface area contributed by atoms with Crippen molar-refractivity contribution >= 4 is 5.91 Å². The smallest absolute Gasteiger partial charge is 0.271 e. The third-order valence-corrected chi connectivity index (χ3v) is 4.55. The van der Waals surface area contributed by atoms with E-state index in [4.69, 9.17) is 0 Å². The van der Waals surface area contributed by atoms with E-state index in [1.54, 1.807) is 18.2 Å². The van der Waals surface area contributed by atoms with E-state index in [0.29, 0.717) is 18.3 Å². The summed E-state index contributed by atoms with van der Waals surface area (Å²) in [6.45, 7) is 2.51. The largest absolute Gasteiger partial charge is 0.350 e. The van der Waals surface area contributed by atoms with Crippen LogP contribution >= 0.6 is 0 Å². The van der Waals surface area contributed by atoms with Crippen molar-refractivity contribution in [2.75, 3.05) is 6.54 Å². The van der Waals surface area contributed by atoms with Gasteiger partial charge < -0.3 is 5.32 Å². The molecular weight excluding hydrogens is 293 g/mol.